The molecule has 0 bridgehead atoms. The summed E-state index contributed by atoms with van der Waals surface area (Å²) in [4.78, 5) is 18.2. The Labute approximate surface area is 136 Å². The molecule has 0 saturated heterocycles. The van der Waals surface area contributed by atoms with Crippen LogP contribution in [0, 0.1) is 0 Å². The standard InChI is InChI=1S/C16H14N4O2S/c21-12-5-3-4-11(8-12)9-17-20-15(22)10-23-16-18-13-6-1-2-7-14(13)19-16/h1-9,21H,10H2,(H,18,19)(H,20,22)/p+1. The maximum Gasteiger partial charge on any atom is 0.315 e. The number of aromatic hydroxyl groups is 1. The summed E-state index contributed by atoms with van der Waals surface area (Å²) in [5, 5.41) is 14.0. The average Bonchev–Trinajstić information content (AvgIpc) is 2.96. The zero-order chi connectivity index (χ0) is 16.1. The van der Waals surface area contributed by atoms with Gasteiger partial charge in [0.05, 0.1) is 12.0 Å². The number of H-pyrrole nitrogens is 2. The van der Waals surface area contributed by atoms with E-state index >= 15 is 0 Å². The number of para-hydroxylation sites is 2. The molecule has 0 radical (unpaired) electrons. The first kappa shape index (κ1) is 15.1. The highest BCUT2D eigenvalue weighted by Crippen LogP contribution is 2.14. The van der Waals surface area contributed by atoms with Crippen molar-refractivity contribution in [2.24, 2.45) is 5.10 Å². The Morgan fingerprint density at radius 2 is 2.17 bits per heavy atom. The number of carbonyl (C=O) groups is 1. The molecule has 1 aromatic heterocycles. The maximum absolute atomic E-state index is 11.8. The molecule has 0 aliphatic rings. The van der Waals surface area contributed by atoms with E-state index in [4.69, 9.17) is 0 Å². The normalized spacial score (nSPS) is 11.1. The lowest BCUT2D eigenvalue weighted by atomic mass is 10.2. The molecular formula is C16H15N4O2S+. The summed E-state index contributed by atoms with van der Waals surface area (Å²) in [7, 11) is 0. The van der Waals surface area contributed by atoms with Gasteiger partial charge in [0, 0.05) is 0 Å². The second kappa shape index (κ2) is 6.97. The zero-order valence-corrected chi connectivity index (χ0v) is 12.9. The fraction of sp³-hybridized carbons (Fsp3) is 0.0625. The van der Waals surface area contributed by atoms with Crippen molar-refractivity contribution in [1.82, 2.24) is 10.4 Å². The van der Waals surface area contributed by atoms with Crippen LogP contribution in [0.1, 0.15) is 5.56 Å². The average molecular weight is 327 g/mol. The maximum atomic E-state index is 11.8. The zero-order valence-electron chi connectivity index (χ0n) is 12.1. The Morgan fingerprint density at radius 1 is 1.30 bits per heavy atom. The highest BCUT2D eigenvalue weighted by atomic mass is 32.2. The van der Waals surface area contributed by atoms with E-state index in [2.05, 4.69) is 20.5 Å². The Morgan fingerprint density at radius 3 is 3.00 bits per heavy atom. The molecule has 6 nitrogen and oxygen atoms in total. The molecular weight excluding hydrogens is 312 g/mol. The number of nitrogens with one attached hydrogen (secondary N) is 3. The molecule has 0 atom stereocenters. The number of aromatic nitrogens is 2. The number of thioether (sulfide) groups is 1. The number of benzene rings is 2. The van der Waals surface area contributed by atoms with Gasteiger partial charge in [-0.3, -0.25) is 4.79 Å². The lowest BCUT2D eigenvalue weighted by Gasteiger charge is -1.97. The third-order valence-electron chi connectivity index (χ3n) is 3.04. The summed E-state index contributed by atoms with van der Waals surface area (Å²) in [5.74, 6) is 0.185. The van der Waals surface area contributed by atoms with Crippen molar-refractivity contribution in [1.29, 1.82) is 0 Å². The number of amides is 1. The van der Waals surface area contributed by atoms with E-state index in [0.29, 0.717) is 5.56 Å². The van der Waals surface area contributed by atoms with Gasteiger partial charge in [0.15, 0.2) is 11.0 Å². The Kier molecular flexibility index (Phi) is 4.58. The second-order valence-corrected chi connectivity index (χ2v) is 5.79. The summed E-state index contributed by atoms with van der Waals surface area (Å²) in [6, 6.07) is 14.5. The van der Waals surface area contributed by atoms with Crippen molar-refractivity contribution in [2.45, 2.75) is 5.16 Å². The van der Waals surface area contributed by atoms with Crippen LogP contribution >= 0.6 is 11.8 Å². The quantitative estimate of drug-likeness (QED) is 0.380. The molecule has 0 aliphatic heterocycles. The topological polar surface area (TPSA) is 91.6 Å². The molecule has 3 rings (SSSR count). The summed E-state index contributed by atoms with van der Waals surface area (Å²) in [6.45, 7) is 0. The number of hydrogen-bond acceptors (Lipinski definition) is 4. The lowest BCUT2D eigenvalue weighted by Crippen LogP contribution is -2.20. The van der Waals surface area contributed by atoms with E-state index in [-0.39, 0.29) is 17.4 Å². The Balaban J connectivity index is 1.51. The van der Waals surface area contributed by atoms with Gasteiger partial charge in [-0.2, -0.15) is 5.10 Å². The van der Waals surface area contributed by atoms with Crippen LogP contribution in [-0.4, -0.2) is 28.0 Å². The van der Waals surface area contributed by atoms with E-state index in [9.17, 15) is 9.90 Å². The highest BCUT2D eigenvalue weighted by molar-refractivity contribution is 7.99. The number of hydrazone groups is 1. The third-order valence-corrected chi connectivity index (χ3v) is 3.94. The fourth-order valence-electron chi connectivity index (χ4n) is 2.00. The van der Waals surface area contributed by atoms with Gasteiger partial charge in [-0.15, -0.1) is 0 Å². The van der Waals surface area contributed by atoms with E-state index < -0.39 is 0 Å². The number of aromatic amines is 2. The molecule has 0 unspecified atom stereocenters. The van der Waals surface area contributed by atoms with Crippen LogP contribution in [-0.2, 0) is 4.79 Å². The summed E-state index contributed by atoms with van der Waals surface area (Å²) >= 11 is 1.37. The smallest absolute Gasteiger partial charge is 0.315 e. The molecule has 4 N–H and O–H groups in total. The molecule has 0 saturated carbocycles. The van der Waals surface area contributed by atoms with E-state index in [1.165, 1.54) is 18.0 Å². The first-order valence-electron chi connectivity index (χ1n) is 6.94. The number of nitrogens with zero attached hydrogens (tertiary/aromatic N) is 1. The highest BCUT2D eigenvalue weighted by Gasteiger charge is 2.11. The molecule has 0 fully saturated rings. The summed E-state index contributed by atoms with van der Waals surface area (Å²) < 4.78 is 0. The van der Waals surface area contributed by atoms with Gasteiger partial charge in [0.25, 0.3) is 5.91 Å². The SMILES string of the molecule is O=C(CSc1[nH]c2ccccc2[nH+]1)NN=Cc1cccc(O)c1. The van der Waals surface area contributed by atoms with Crippen LogP contribution in [0.4, 0.5) is 0 Å². The minimum Gasteiger partial charge on any atom is -0.508 e. The molecule has 0 aliphatic carbocycles. The second-order valence-electron chi connectivity index (χ2n) is 4.80. The van der Waals surface area contributed by atoms with Crippen LogP contribution < -0.4 is 10.4 Å². The summed E-state index contributed by atoms with van der Waals surface area (Å²) in [6.07, 6.45) is 1.48. The van der Waals surface area contributed by atoms with Crippen LogP contribution in [0.25, 0.3) is 11.0 Å². The number of rotatable bonds is 5. The number of phenols is 1. The third kappa shape index (κ3) is 4.10. The molecule has 3 aromatic rings. The number of carbonyl (C=O) groups excluding carboxylic acids is 1. The largest absolute Gasteiger partial charge is 0.508 e. The lowest BCUT2D eigenvalue weighted by molar-refractivity contribution is -0.396. The molecule has 1 heterocycles. The van der Waals surface area contributed by atoms with Gasteiger partial charge in [-0.25, -0.2) is 15.4 Å². The van der Waals surface area contributed by atoms with E-state index in [1.807, 2.05) is 24.3 Å². The van der Waals surface area contributed by atoms with Gasteiger partial charge in [0.2, 0.25) is 0 Å². The predicted molar refractivity (Wildman–Crippen MR) is 89.4 cm³/mol. The van der Waals surface area contributed by atoms with Crippen LogP contribution in [0.2, 0.25) is 0 Å². The monoisotopic (exact) mass is 327 g/mol. The van der Waals surface area contributed by atoms with Gasteiger partial charge >= 0.3 is 5.16 Å². The van der Waals surface area contributed by atoms with Crippen LogP contribution in [0.3, 0.4) is 0 Å². The van der Waals surface area contributed by atoms with Crippen molar-refractivity contribution in [3.63, 3.8) is 0 Å². The molecule has 0 spiro atoms. The van der Waals surface area contributed by atoms with E-state index in [1.54, 1.807) is 24.3 Å². The van der Waals surface area contributed by atoms with Crippen LogP contribution in [0.5, 0.6) is 5.75 Å². The first-order chi connectivity index (χ1) is 11.2. The predicted octanol–water partition coefficient (Wildman–Crippen LogP) is 1.93. The summed E-state index contributed by atoms with van der Waals surface area (Å²) in [5.41, 5.74) is 5.16. The van der Waals surface area contributed by atoms with Gasteiger partial charge in [-0.05, 0) is 41.6 Å². The van der Waals surface area contributed by atoms with Gasteiger partial charge in [0.1, 0.15) is 5.75 Å². The Hall–Kier alpha value is -2.80. The van der Waals surface area contributed by atoms with Crippen molar-refractivity contribution >= 4 is 34.9 Å². The van der Waals surface area contributed by atoms with Crippen molar-refractivity contribution in [2.75, 3.05) is 5.75 Å². The van der Waals surface area contributed by atoms with Gasteiger partial charge < -0.3 is 5.11 Å². The van der Waals surface area contributed by atoms with Crippen molar-refractivity contribution < 1.29 is 14.9 Å². The fourth-order valence-corrected chi connectivity index (χ4v) is 2.71. The minimum absolute atomic E-state index is 0.158. The molecule has 23 heavy (non-hydrogen) atoms. The first-order valence-corrected chi connectivity index (χ1v) is 7.93. The van der Waals surface area contributed by atoms with Crippen molar-refractivity contribution in [3.05, 3.63) is 54.1 Å². The number of imidazole rings is 1. The Bertz CT molecular complexity index is 827. The number of fused-ring (bicyclic) bond motifs is 1. The molecule has 1 amide bonds. The molecule has 116 valence electrons. The minimum atomic E-state index is -0.210. The molecule has 7 heteroatoms. The van der Waals surface area contributed by atoms with Crippen LogP contribution in [0.15, 0.2) is 58.8 Å². The van der Waals surface area contributed by atoms with Gasteiger partial charge in [-0.1, -0.05) is 24.3 Å². The molecule has 2 aromatic carbocycles. The number of hydrogen-bond donors (Lipinski definition) is 3. The van der Waals surface area contributed by atoms with Crippen molar-refractivity contribution in [3.8, 4) is 5.75 Å². The number of phenolic OH excluding ortho intramolecular Hbond substituents is 1. The van der Waals surface area contributed by atoms with E-state index in [0.717, 1.165) is 16.2 Å².